The Morgan fingerprint density at radius 1 is 1.13 bits per heavy atom. The number of anilines is 1. The van der Waals surface area contributed by atoms with Crippen LogP contribution in [-0.4, -0.2) is 56.6 Å². The zero-order valence-corrected chi connectivity index (χ0v) is 14.0. The van der Waals surface area contributed by atoms with Crippen LogP contribution in [0.25, 0.3) is 0 Å². The van der Waals surface area contributed by atoms with Gasteiger partial charge in [0, 0.05) is 58.7 Å². The number of piperazine rings is 1. The topological polar surface area (TPSA) is 44.8 Å². The van der Waals surface area contributed by atoms with E-state index in [9.17, 15) is 4.79 Å². The highest BCUT2D eigenvalue weighted by atomic mass is 16.5. The molecule has 0 spiro atoms. The first-order valence-corrected chi connectivity index (χ1v) is 8.71. The van der Waals surface area contributed by atoms with Crippen LogP contribution in [0.1, 0.15) is 25.3 Å². The first-order chi connectivity index (χ1) is 11.3. The van der Waals surface area contributed by atoms with Gasteiger partial charge in [-0.15, -0.1) is 0 Å². The number of ether oxygens (including phenoxy) is 1. The smallest absolute Gasteiger partial charge is 0.142 e. The lowest BCUT2D eigenvalue weighted by molar-refractivity contribution is -0.121. The van der Waals surface area contributed by atoms with Crippen molar-refractivity contribution in [2.45, 2.75) is 26.3 Å². The number of Topliss-reactive ketones (excluding diaryl/α,β-unsaturated/α-hetero) is 1. The van der Waals surface area contributed by atoms with Crippen LogP contribution < -0.4 is 15.0 Å². The molecule has 2 aliphatic heterocycles. The van der Waals surface area contributed by atoms with Crippen LogP contribution in [-0.2, 0) is 11.3 Å². The summed E-state index contributed by atoms with van der Waals surface area (Å²) in [7, 11) is 0. The van der Waals surface area contributed by atoms with Crippen LogP contribution in [0.2, 0.25) is 0 Å². The van der Waals surface area contributed by atoms with E-state index in [-0.39, 0.29) is 0 Å². The molecule has 0 aliphatic carbocycles. The van der Waals surface area contributed by atoms with Crippen LogP contribution in [0.4, 0.5) is 5.69 Å². The van der Waals surface area contributed by atoms with Crippen molar-refractivity contribution < 1.29 is 9.53 Å². The number of carbonyl (C=O) groups is 1. The lowest BCUT2D eigenvalue weighted by atomic mass is 10.1. The number of ketones is 1. The Hall–Kier alpha value is -1.59. The number of rotatable bonds is 5. The molecule has 0 aromatic heterocycles. The van der Waals surface area contributed by atoms with Gasteiger partial charge in [0.1, 0.15) is 11.5 Å². The maximum Gasteiger partial charge on any atom is 0.142 e. The maximum absolute atomic E-state index is 11.4. The van der Waals surface area contributed by atoms with Crippen LogP contribution >= 0.6 is 0 Å². The van der Waals surface area contributed by atoms with E-state index >= 15 is 0 Å². The molecule has 0 amide bonds. The van der Waals surface area contributed by atoms with E-state index < -0.39 is 0 Å². The van der Waals surface area contributed by atoms with Gasteiger partial charge in [-0.1, -0.05) is 6.07 Å². The summed E-state index contributed by atoms with van der Waals surface area (Å²) >= 11 is 0. The molecule has 2 fully saturated rings. The second kappa shape index (κ2) is 7.79. The molecule has 0 bridgehead atoms. The summed E-state index contributed by atoms with van der Waals surface area (Å²) in [5, 5.41) is 3.39. The normalized spacial score (nSPS) is 19.9. The molecule has 1 aromatic rings. The Balaban J connectivity index is 1.71. The van der Waals surface area contributed by atoms with Crippen molar-refractivity contribution >= 4 is 11.5 Å². The zero-order chi connectivity index (χ0) is 16.1. The Labute approximate surface area is 138 Å². The van der Waals surface area contributed by atoms with Gasteiger partial charge in [0.25, 0.3) is 0 Å². The van der Waals surface area contributed by atoms with Crippen LogP contribution in [0.15, 0.2) is 18.2 Å². The fourth-order valence-electron chi connectivity index (χ4n) is 3.31. The number of carbonyl (C=O) groups excluding carboxylic acids is 1. The standard InChI is InChI=1S/C18H27N3O2/c1-2-23-18-13-15(14-20-9-5-16(22)6-10-20)3-4-17(18)21-11-7-19-8-12-21/h3-4,13,19H,2,5-12,14H2,1H3. The summed E-state index contributed by atoms with van der Waals surface area (Å²) < 4.78 is 5.90. The van der Waals surface area contributed by atoms with Gasteiger partial charge in [-0.2, -0.15) is 0 Å². The molecule has 3 rings (SSSR count). The van der Waals surface area contributed by atoms with E-state index in [0.717, 1.165) is 51.6 Å². The Bertz CT molecular complexity index is 531. The van der Waals surface area contributed by atoms with Gasteiger partial charge in [-0.25, -0.2) is 0 Å². The fourth-order valence-corrected chi connectivity index (χ4v) is 3.31. The van der Waals surface area contributed by atoms with Gasteiger partial charge >= 0.3 is 0 Å². The quantitative estimate of drug-likeness (QED) is 0.895. The van der Waals surface area contributed by atoms with Gasteiger partial charge < -0.3 is 15.0 Å². The lowest BCUT2D eigenvalue weighted by Crippen LogP contribution is -2.43. The molecular weight excluding hydrogens is 290 g/mol. The van der Waals surface area contributed by atoms with Crippen molar-refractivity contribution in [3.63, 3.8) is 0 Å². The number of hydrogen-bond donors (Lipinski definition) is 1. The largest absolute Gasteiger partial charge is 0.492 e. The third kappa shape index (κ3) is 4.24. The third-order valence-corrected chi connectivity index (χ3v) is 4.60. The molecule has 2 heterocycles. The SMILES string of the molecule is CCOc1cc(CN2CCC(=O)CC2)ccc1N1CCNCC1. The number of likely N-dealkylation sites (tertiary alicyclic amines) is 1. The van der Waals surface area contributed by atoms with Gasteiger partial charge in [0.05, 0.1) is 12.3 Å². The van der Waals surface area contributed by atoms with E-state index in [1.807, 2.05) is 6.92 Å². The second-order valence-corrected chi connectivity index (χ2v) is 6.29. The minimum absolute atomic E-state index is 0.394. The molecule has 1 aromatic carbocycles. The zero-order valence-electron chi connectivity index (χ0n) is 14.0. The second-order valence-electron chi connectivity index (χ2n) is 6.29. The van der Waals surface area contributed by atoms with Crippen molar-refractivity contribution in [1.82, 2.24) is 10.2 Å². The fraction of sp³-hybridized carbons (Fsp3) is 0.611. The van der Waals surface area contributed by atoms with E-state index in [2.05, 4.69) is 33.3 Å². The summed E-state index contributed by atoms with van der Waals surface area (Å²) in [4.78, 5) is 16.1. The first kappa shape index (κ1) is 16.3. The van der Waals surface area contributed by atoms with Crippen LogP contribution in [0, 0.1) is 0 Å². The minimum atomic E-state index is 0.394. The van der Waals surface area contributed by atoms with E-state index in [1.165, 1.54) is 11.3 Å². The predicted molar refractivity (Wildman–Crippen MR) is 92.2 cm³/mol. The lowest BCUT2D eigenvalue weighted by Gasteiger charge is -2.31. The number of hydrogen-bond acceptors (Lipinski definition) is 5. The molecule has 0 saturated carbocycles. The molecule has 5 nitrogen and oxygen atoms in total. The van der Waals surface area contributed by atoms with E-state index in [1.54, 1.807) is 0 Å². The number of piperidine rings is 1. The summed E-state index contributed by atoms with van der Waals surface area (Å²) in [6, 6.07) is 6.58. The molecule has 5 heteroatoms. The van der Waals surface area contributed by atoms with Gasteiger partial charge in [0.2, 0.25) is 0 Å². The van der Waals surface area contributed by atoms with Crippen molar-refractivity contribution in [3.8, 4) is 5.75 Å². The molecule has 23 heavy (non-hydrogen) atoms. The van der Waals surface area contributed by atoms with Gasteiger partial charge in [-0.05, 0) is 24.6 Å². The van der Waals surface area contributed by atoms with Gasteiger partial charge in [-0.3, -0.25) is 9.69 Å². The van der Waals surface area contributed by atoms with Crippen molar-refractivity contribution in [3.05, 3.63) is 23.8 Å². The molecular formula is C18H27N3O2. The summed E-state index contributed by atoms with van der Waals surface area (Å²) in [5.74, 6) is 1.38. The molecule has 0 unspecified atom stereocenters. The van der Waals surface area contributed by atoms with Gasteiger partial charge in [0.15, 0.2) is 0 Å². The van der Waals surface area contributed by atoms with Crippen molar-refractivity contribution in [2.75, 3.05) is 50.8 Å². The highest BCUT2D eigenvalue weighted by Crippen LogP contribution is 2.30. The predicted octanol–water partition coefficient (Wildman–Crippen LogP) is 1.66. The van der Waals surface area contributed by atoms with Crippen LogP contribution in [0.3, 0.4) is 0 Å². The average Bonchev–Trinajstić information content (AvgIpc) is 2.58. The number of benzene rings is 1. The third-order valence-electron chi connectivity index (χ3n) is 4.60. The highest BCUT2D eigenvalue weighted by Gasteiger charge is 2.18. The minimum Gasteiger partial charge on any atom is -0.492 e. The number of nitrogens with zero attached hydrogens (tertiary/aromatic N) is 2. The molecule has 1 N–H and O–H groups in total. The summed E-state index contributed by atoms with van der Waals surface area (Å²) in [6.45, 7) is 9.46. The summed E-state index contributed by atoms with van der Waals surface area (Å²) in [6.07, 6.45) is 1.38. The molecule has 0 atom stereocenters. The Kier molecular flexibility index (Phi) is 5.51. The van der Waals surface area contributed by atoms with Crippen molar-refractivity contribution in [2.24, 2.45) is 0 Å². The van der Waals surface area contributed by atoms with Crippen LogP contribution in [0.5, 0.6) is 5.75 Å². The Morgan fingerprint density at radius 3 is 2.57 bits per heavy atom. The molecule has 2 saturated heterocycles. The molecule has 126 valence electrons. The molecule has 0 radical (unpaired) electrons. The number of nitrogens with one attached hydrogen (secondary N) is 1. The van der Waals surface area contributed by atoms with E-state index in [0.29, 0.717) is 25.2 Å². The average molecular weight is 317 g/mol. The monoisotopic (exact) mass is 317 g/mol. The summed E-state index contributed by atoms with van der Waals surface area (Å²) in [5.41, 5.74) is 2.47. The first-order valence-electron chi connectivity index (χ1n) is 8.71. The highest BCUT2D eigenvalue weighted by molar-refractivity contribution is 5.79. The van der Waals surface area contributed by atoms with E-state index in [4.69, 9.17) is 4.74 Å². The Morgan fingerprint density at radius 2 is 1.87 bits per heavy atom. The van der Waals surface area contributed by atoms with Crippen molar-refractivity contribution in [1.29, 1.82) is 0 Å². The maximum atomic E-state index is 11.4. The molecule has 2 aliphatic rings.